The van der Waals surface area contributed by atoms with Gasteiger partial charge in [-0.2, -0.15) is 0 Å². The van der Waals surface area contributed by atoms with Crippen molar-refractivity contribution in [3.05, 3.63) is 30.0 Å². The van der Waals surface area contributed by atoms with Crippen LogP contribution in [-0.2, 0) is 17.7 Å². The second kappa shape index (κ2) is 4.67. The molecular weight excluding hydrogens is 227 g/mol. The lowest BCUT2D eigenvalue weighted by molar-refractivity contribution is 0.296. The Balaban J connectivity index is 1.98. The number of rotatable bonds is 3. The molecular formula is C13H17BN2O2. The lowest BCUT2D eigenvalue weighted by Crippen LogP contribution is -2.36. The smallest absolute Gasteiger partial charge is 0.363 e. The number of ether oxygens (including phenoxy) is 1. The molecule has 1 aliphatic rings. The molecule has 0 N–H and O–H groups in total. The van der Waals surface area contributed by atoms with Gasteiger partial charge in [-0.05, 0) is 24.3 Å². The molecule has 2 aromatic rings. The summed E-state index contributed by atoms with van der Waals surface area (Å²) >= 11 is 0. The molecule has 0 aliphatic carbocycles. The van der Waals surface area contributed by atoms with Crippen LogP contribution in [-0.4, -0.2) is 37.8 Å². The van der Waals surface area contributed by atoms with E-state index >= 15 is 0 Å². The van der Waals surface area contributed by atoms with Crippen LogP contribution >= 0.6 is 0 Å². The topological polar surface area (TPSA) is 26.6 Å². The molecule has 2 heterocycles. The minimum atomic E-state index is 0.699. The van der Waals surface area contributed by atoms with E-state index in [1.54, 1.807) is 14.2 Å². The van der Waals surface area contributed by atoms with E-state index in [0.29, 0.717) is 7.62 Å². The first-order valence-electron chi connectivity index (χ1n) is 6.19. The molecule has 0 atom stereocenters. The summed E-state index contributed by atoms with van der Waals surface area (Å²) < 4.78 is 12.9. The number of nitrogens with zero attached hydrogens (tertiary/aromatic N) is 2. The monoisotopic (exact) mass is 244 g/mol. The molecule has 0 amide bonds. The highest BCUT2D eigenvalue weighted by molar-refractivity contribution is 6.23. The van der Waals surface area contributed by atoms with Crippen molar-refractivity contribution >= 4 is 18.5 Å². The summed E-state index contributed by atoms with van der Waals surface area (Å²) in [6.45, 7) is 3.01. The van der Waals surface area contributed by atoms with Gasteiger partial charge in [0.2, 0.25) is 0 Å². The summed E-state index contributed by atoms with van der Waals surface area (Å²) in [6.07, 6.45) is 0. The number of hydrogen-bond donors (Lipinski definition) is 0. The van der Waals surface area contributed by atoms with Crippen molar-refractivity contribution in [1.82, 2.24) is 9.38 Å². The van der Waals surface area contributed by atoms with Crippen LogP contribution in [0.15, 0.2) is 24.3 Å². The Bertz CT molecular complexity index is 567. The van der Waals surface area contributed by atoms with E-state index in [2.05, 4.69) is 27.6 Å². The average molecular weight is 244 g/mol. The predicted octanol–water partition coefficient (Wildman–Crippen LogP) is 1.38. The molecule has 0 radical (unpaired) electrons. The summed E-state index contributed by atoms with van der Waals surface area (Å²) in [7, 11) is 4.15. The molecule has 1 aliphatic heterocycles. The second-order valence-corrected chi connectivity index (χ2v) is 4.68. The SMILES string of the molecule is COBN1CCn2c(cc3cc(OC)ccc32)C1. The lowest BCUT2D eigenvalue weighted by atomic mass is 10.1. The molecule has 5 heteroatoms. The maximum atomic E-state index is 5.27. The van der Waals surface area contributed by atoms with Crippen molar-refractivity contribution in [2.24, 2.45) is 0 Å². The number of fused-ring (bicyclic) bond motifs is 3. The van der Waals surface area contributed by atoms with E-state index in [4.69, 9.17) is 9.39 Å². The second-order valence-electron chi connectivity index (χ2n) is 4.68. The van der Waals surface area contributed by atoms with E-state index in [1.807, 2.05) is 6.07 Å². The van der Waals surface area contributed by atoms with E-state index < -0.39 is 0 Å². The quantitative estimate of drug-likeness (QED) is 0.763. The normalized spacial score (nSPS) is 15.7. The molecule has 1 aromatic heterocycles. The van der Waals surface area contributed by atoms with Gasteiger partial charge in [0.1, 0.15) is 5.75 Å². The van der Waals surface area contributed by atoms with Crippen LogP contribution < -0.4 is 4.74 Å². The van der Waals surface area contributed by atoms with Crippen LogP contribution in [0, 0.1) is 0 Å². The molecule has 3 rings (SSSR count). The maximum absolute atomic E-state index is 5.27. The van der Waals surface area contributed by atoms with Crippen LogP contribution in [0.2, 0.25) is 0 Å². The van der Waals surface area contributed by atoms with Crippen molar-refractivity contribution in [3.63, 3.8) is 0 Å². The standard InChI is InChI=1S/C13H17BN2O2/c1-17-12-3-4-13-10(8-12)7-11-9-15(14-18-2)5-6-16(11)13/h3-4,7-8,14H,5-6,9H2,1-2H3. The highest BCUT2D eigenvalue weighted by Crippen LogP contribution is 2.27. The number of benzene rings is 1. The number of methoxy groups -OCH3 is 1. The molecule has 18 heavy (non-hydrogen) atoms. The van der Waals surface area contributed by atoms with E-state index in [9.17, 15) is 0 Å². The first-order chi connectivity index (χ1) is 8.81. The fraction of sp³-hybridized carbons (Fsp3) is 0.385. The number of aromatic nitrogens is 1. The molecule has 0 spiro atoms. The molecule has 0 bridgehead atoms. The largest absolute Gasteiger partial charge is 0.497 e. The Hall–Kier alpha value is -1.46. The Morgan fingerprint density at radius 2 is 2.06 bits per heavy atom. The van der Waals surface area contributed by atoms with Gasteiger partial charge in [0.15, 0.2) is 0 Å². The van der Waals surface area contributed by atoms with Crippen molar-refractivity contribution in [3.8, 4) is 5.75 Å². The van der Waals surface area contributed by atoms with Gasteiger partial charge in [0.25, 0.3) is 0 Å². The van der Waals surface area contributed by atoms with Crippen LogP contribution in [0.1, 0.15) is 5.69 Å². The first kappa shape index (κ1) is 11.6. The minimum absolute atomic E-state index is 0.699. The molecule has 4 nitrogen and oxygen atoms in total. The molecule has 94 valence electrons. The van der Waals surface area contributed by atoms with Gasteiger partial charge in [0.05, 0.1) is 7.11 Å². The Morgan fingerprint density at radius 1 is 1.17 bits per heavy atom. The van der Waals surface area contributed by atoms with Crippen LogP contribution in [0.3, 0.4) is 0 Å². The van der Waals surface area contributed by atoms with Gasteiger partial charge in [-0.1, -0.05) is 0 Å². The molecule has 0 saturated carbocycles. The first-order valence-corrected chi connectivity index (χ1v) is 6.19. The third-order valence-corrected chi connectivity index (χ3v) is 3.53. The predicted molar refractivity (Wildman–Crippen MR) is 73.1 cm³/mol. The van der Waals surface area contributed by atoms with Crippen molar-refractivity contribution in [2.75, 3.05) is 20.8 Å². The lowest BCUT2D eigenvalue weighted by Gasteiger charge is -2.27. The summed E-state index contributed by atoms with van der Waals surface area (Å²) in [5.41, 5.74) is 2.64. The molecule has 0 unspecified atom stereocenters. The zero-order valence-electron chi connectivity index (χ0n) is 10.8. The number of hydrogen-bond acceptors (Lipinski definition) is 3. The van der Waals surface area contributed by atoms with E-state index in [-0.39, 0.29) is 0 Å². The van der Waals surface area contributed by atoms with Gasteiger partial charge in [-0.25, -0.2) is 0 Å². The van der Waals surface area contributed by atoms with Gasteiger partial charge in [-0.3, -0.25) is 0 Å². The Labute approximate surface area is 107 Å². The Kier molecular flexibility index (Phi) is 3.01. The third kappa shape index (κ3) is 1.89. The summed E-state index contributed by atoms with van der Waals surface area (Å²) in [5.74, 6) is 0.916. The zero-order chi connectivity index (χ0) is 12.5. The van der Waals surface area contributed by atoms with Crippen LogP contribution in [0.4, 0.5) is 0 Å². The fourth-order valence-corrected chi connectivity index (χ4v) is 2.67. The van der Waals surface area contributed by atoms with Gasteiger partial charge >= 0.3 is 7.62 Å². The summed E-state index contributed by atoms with van der Waals surface area (Å²) in [5, 5.41) is 1.25. The highest BCUT2D eigenvalue weighted by atomic mass is 16.5. The molecule has 0 saturated heterocycles. The fourth-order valence-electron chi connectivity index (χ4n) is 2.67. The van der Waals surface area contributed by atoms with E-state index in [1.165, 1.54) is 16.6 Å². The third-order valence-electron chi connectivity index (χ3n) is 3.53. The van der Waals surface area contributed by atoms with Crippen molar-refractivity contribution < 1.29 is 9.39 Å². The minimum Gasteiger partial charge on any atom is -0.497 e. The highest BCUT2D eigenvalue weighted by Gasteiger charge is 2.19. The molecule has 0 fully saturated rings. The van der Waals surface area contributed by atoms with Gasteiger partial charge < -0.3 is 18.8 Å². The summed E-state index contributed by atoms with van der Waals surface area (Å²) in [6, 6.07) is 8.52. The van der Waals surface area contributed by atoms with Gasteiger partial charge in [0, 0.05) is 43.3 Å². The summed E-state index contributed by atoms with van der Waals surface area (Å²) in [4.78, 5) is 2.31. The maximum Gasteiger partial charge on any atom is 0.363 e. The van der Waals surface area contributed by atoms with E-state index in [0.717, 1.165) is 25.4 Å². The van der Waals surface area contributed by atoms with Gasteiger partial charge in [-0.15, -0.1) is 0 Å². The Morgan fingerprint density at radius 3 is 2.83 bits per heavy atom. The van der Waals surface area contributed by atoms with Crippen molar-refractivity contribution in [2.45, 2.75) is 13.1 Å². The van der Waals surface area contributed by atoms with Crippen LogP contribution in [0.25, 0.3) is 10.9 Å². The van der Waals surface area contributed by atoms with Crippen LogP contribution in [0.5, 0.6) is 5.75 Å². The zero-order valence-corrected chi connectivity index (χ0v) is 10.8. The average Bonchev–Trinajstić information content (AvgIpc) is 2.75. The van der Waals surface area contributed by atoms with Crippen molar-refractivity contribution in [1.29, 1.82) is 0 Å². The molecule has 1 aromatic carbocycles.